The first-order valence-corrected chi connectivity index (χ1v) is 8.08. The summed E-state index contributed by atoms with van der Waals surface area (Å²) < 4.78 is 19.3. The molecule has 0 radical (unpaired) electrons. The Hall–Kier alpha value is -1.13. The molecule has 1 heterocycles. The van der Waals surface area contributed by atoms with E-state index in [0.29, 0.717) is 12.5 Å². The second-order valence-corrected chi connectivity index (χ2v) is 6.18. The van der Waals surface area contributed by atoms with Gasteiger partial charge in [-0.25, -0.2) is 4.39 Å². The highest BCUT2D eigenvalue weighted by Crippen LogP contribution is 2.34. The molecular formula is C17H24FNO2. The summed E-state index contributed by atoms with van der Waals surface area (Å²) in [5.41, 5.74) is 0.865. The number of halogens is 1. The van der Waals surface area contributed by atoms with Crippen molar-refractivity contribution in [3.8, 4) is 5.75 Å². The van der Waals surface area contributed by atoms with Crippen molar-refractivity contribution in [3.05, 3.63) is 29.6 Å². The first-order chi connectivity index (χ1) is 10.2. The lowest BCUT2D eigenvalue weighted by atomic mass is 9.98. The van der Waals surface area contributed by atoms with Crippen molar-refractivity contribution in [2.45, 2.75) is 63.8 Å². The molecule has 3 rings (SSSR count). The van der Waals surface area contributed by atoms with Crippen molar-refractivity contribution in [3.63, 3.8) is 0 Å². The van der Waals surface area contributed by atoms with Crippen LogP contribution in [0.15, 0.2) is 18.2 Å². The van der Waals surface area contributed by atoms with E-state index in [0.717, 1.165) is 18.5 Å². The highest BCUT2D eigenvalue weighted by Gasteiger charge is 2.37. The number of hydrogen-bond acceptors (Lipinski definition) is 3. The number of nitrogens with zero attached hydrogens (tertiary/aromatic N) is 1. The van der Waals surface area contributed by atoms with Crippen LogP contribution in [0.1, 0.15) is 44.6 Å². The van der Waals surface area contributed by atoms with E-state index in [1.165, 1.54) is 31.7 Å². The number of rotatable bonds is 4. The molecule has 0 saturated heterocycles. The van der Waals surface area contributed by atoms with Gasteiger partial charge >= 0.3 is 0 Å². The SMILES string of the molecule is CCCN(C1CCCC1)C1Cc2cccc(F)c2O[C@H]1O. The van der Waals surface area contributed by atoms with Gasteiger partial charge in [0.05, 0.1) is 6.04 Å². The van der Waals surface area contributed by atoms with Gasteiger partial charge in [-0.15, -0.1) is 0 Å². The quantitative estimate of drug-likeness (QED) is 0.926. The Morgan fingerprint density at radius 2 is 2.10 bits per heavy atom. The number of fused-ring (bicyclic) bond motifs is 1. The van der Waals surface area contributed by atoms with Crippen molar-refractivity contribution in [1.29, 1.82) is 0 Å². The van der Waals surface area contributed by atoms with Crippen LogP contribution in [0.3, 0.4) is 0 Å². The van der Waals surface area contributed by atoms with Gasteiger partial charge in [0.25, 0.3) is 0 Å². The molecule has 1 unspecified atom stereocenters. The molecule has 3 nitrogen and oxygen atoms in total. The Morgan fingerprint density at radius 1 is 1.33 bits per heavy atom. The van der Waals surface area contributed by atoms with E-state index < -0.39 is 6.29 Å². The first-order valence-electron chi connectivity index (χ1n) is 8.08. The molecule has 1 fully saturated rings. The fourth-order valence-electron chi connectivity index (χ4n) is 3.77. The third-order valence-electron chi connectivity index (χ3n) is 4.75. The standard InChI is InChI=1S/C17H24FNO2/c1-2-10-19(13-7-3-4-8-13)15-11-12-6-5-9-14(18)16(12)21-17(15)20/h5-6,9,13,15,17,20H,2-4,7-8,10-11H2,1H3/t15?,17-/m1/s1. The summed E-state index contributed by atoms with van der Waals surface area (Å²) in [5, 5.41) is 10.4. The maximum atomic E-state index is 13.8. The average Bonchev–Trinajstić information content (AvgIpc) is 2.99. The molecule has 2 aliphatic rings. The van der Waals surface area contributed by atoms with Crippen molar-refractivity contribution >= 4 is 0 Å². The summed E-state index contributed by atoms with van der Waals surface area (Å²) in [7, 11) is 0. The summed E-state index contributed by atoms with van der Waals surface area (Å²) in [6.07, 6.45) is 5.68. The molecule has 0 bridgehead atoms. The predicted molar refractivity (Wildman–Crippen MR) is 79.8 cm³/mol. The van der Waals surface area contributed by atoms with Gasteiger partial charge in [0, 0.05) is 6.04 Å². The first kappa shape index (κ1) is 14.8. The highest BCUT2D eigenvalue weighted by atomic mass is 19.1. The third-order valence-corrected chi connectivity index (χ3v) is 4.75. The molecule has 0 aromatic heterocycles. The monoisotopic (exact) mass is 293 g/mol. The number of ether oxygens (including phenoxy) is 1. The zero-order chi connectivity index (χ0) is 14.8. The molecule has 0 amide bonds. The second-order valence-electron chi connectivity index (χ2n) is 6.18. The topological polar surface area (TPSA) is 32.7 Å². The number of benzene rings is 1. The lowest BCUT2D eigenvalue weighted by Crippen LogP contribution is -2.53. The number of aliphatic hydroxyl groups is 1. The minimum atomic E-state index is -0.943. The molecule has 4 heteroatoms. The van der Waals surface area contributed by atoms with E-state index in [1.807, 2.05) is 6.07 Å². The van der Waals surface area contributed by atoms with Crippen LogP contribution in [0.4, 0.5) is 4.39 Å². The molecule has 116 valence electrons. The largest absolute Gasteiger partial charge is 0.460 e. The normalized spacial score (nSPS) is 25.9. The van der Waals surface area contributed by atoms with Crippen molar-refractivity contribution in [2.24, 2.45) is 0 Å². The summed E-state index contributed by atoms with van der Waals surface area (Å²) in [5.74, 6) is -0.156. The van der Waals surface area contributed by atoms with Crippen LogP contribution in [-0.2, 0) is 6.42 Å². The van der Waals surface area contributed by atoms with Crippen LogP contribution in [0.2, 0.25) is 0 Å². The molecule has 0 spiro atoms. The van der Waals surface area contributed by atoms with Crippen molar-refractivity contribution in [2.75, 3.05) is 6.54 Å². The fourth-order valence-corrected chi connectivity index (χ4v) is 3.77. The summed E-state index contributed by atoms with van der Waals surface area (Å²) >= 11 is 0. The second kappa shape index (κ2) is 6.32. The van der Waals surface area contributed by atoms with Crippen LogP contribution in [0.25, 0.3) is 0 Å². The summed E-state index contributed by atoms with van der Waals surface area (Å²) in [4.78, 5) is 2.39. The molecule has 1 N–H and O–H groups in total. The van der Waals surface area contributed by atoms with Crippen LogP contribution < -0.4 is 4.74 Å². The van der Waals surface area contributed by atoms with E-state index >= 15 is 0 Å². The van der Waals surface area contributed by atoms with Crippen molar-refractivity contribution in [1.82, 2.24) is 4.90 Å². The number of para-hydroxylation sites is 1. The Morgan fingerprint density at radius 3 is 2.81 bits per heavy atom. The van der Waals surface area contributed by atoms with Gasteiger partial charge in [0.2, 0.25) is 6.29 Å². The van der Waals surface area contributed by atoms with Crippen molar-refractivity contribution < 1.29 is 14.2 Å². The molecule has 2 atom stereocenters. The molecule has 1 aliphatic carbocycles. The maximum absolute atomic E-state index is 13.8. The Kier molecular flexibility index (Phi) is 4.45. The zero-order valence-corrected chi connectivity index (χ0v) is 12.6. The van der Waals surface area contributed by atoms with Gasteiger partial charge in [-0.3, -0.25) is 4.90 Å². The predicted octanol–water partition coefficient (Wildman–Crippen LogP) is 3.10. The zero-order valence-electron chi connectivity index (χ0n) is 12.6. The van der Waals surface area contributed by atoms with Gasteiger partial charge in [-0.1, -0.05) is 31.9 Å². The summed E-state index contributed by atoms with van der Waals surface area (Å²) in [6.45, 7) is 3.12. The fraction of sp³-hybridized carbons (Fsp3) is 0.647. The van der Waals surface area contributed by atoms with E-state index in [9.17, 15) is 9.50 Å². The van der Waals surface area contributed by atoms with Gasteiger partial charge in [-0.2, -0.15) is 0 Å². The number of hydrogen-bond donors (Lipinski definition) is 1. The minimum Gasteiger partial charge on any atom is -0.460 e. The lowest BCUT2D eigenvalue weighted by molar-refractivity contribution is -0.102. The van der Waals surface area contributed by atoms with E-state index in [1.54, 1.807) is 6.07 Å². The molecule has 21 heavy (non-hydrogen) atoms. The minimum absolute atomic E-state index is 0.0673. The Balaban J connectivity index is 1.83. The van der Waals surface area contributed by atoms with E-state index in [-0.39, 0.29) is 17.6 Å². The molecular weight excluding hydrogens is 269 g/mol. The summed E-state index contributed by atoms with van der Waals surface area (Å²) in [6, 6.07) is 5.46. The van der Waals surface area contributed by atoms with Crippen LogP contribution in [-0.4, -0.2) is 34.9 Å². The van der Waals surface area contributed by atoms with Gasteiger partial charge in [0.15, 0.2) is 11.6 Å². The van der Waals surface area contributed by atoms with Crippen LogP contribution in [0.5, 0.6) is 5.75 Å². The van der Waals surface area contributed by atoms with Crippen LogP contribution in [0, 0.1) is 5.82 Å². The third kappa shape index (κ3) is 2.92. The smallest absolute Gasteiger partial charge is 0.213 e. The Labute approximate surface area is 125 Å². The molecule has 1 saturated carbocycles. The molecule has 1 aliphatic heterocycles. The van der Waals surface area contributed by atoms with E-state index in [2.05, 4.69) is 11.8 Å². The van der Waals surface area contributed by atoms with E-state index in [4.69, 9.17) is 4.74 Å². The maximum Gasteiger partial charge on any atom is 0.213 e. The van der Waals surface area contributed by atoms with Gasteiger partial charge in [-0.05, 0) is 43.9 Å². The van der Waals surface area contributed by atoms with Crippen LogP contribution >= 0.6 is 0 Å². The average molecular weight is 293 g/mol. The number of aliphatic hydroxyl groups excluding tert-OH is 1. The highest BCUT2D eigenvalue weighted by molar-refractivity contribution is 5.37. The van der Waals surface area contributed by atoms with Gasteiger partial charge in [0.1, 0.15) is 0 Å². The molecule has 1 aromatic carbocycles. The van der Waals surface area contributed by atoms with Gasteiger partial charge < -0.3 is 9.84 Å². The Bertz CT molecular complexity index is 488. The molecule has 1 aromatic rings. The lowest BCUT2D eigenvalue weighted by Gasteiger charge is -2.41.